The second kappa shape index (κ2) is 5.94. The van der Waals surface area contributed by atoms with Crippen LogP contribution in [0, 0.1) is 0 Å². The van der Waals surface area contributed by atoms with Crippen LogP contribution >= 0.6 is 22.9 Å². The van der Waals surface area contributed by atoms with Gasteiger partial charge in [0.25, 0.3) is 0 Å². The van der Waals surface area contributed by atoms with Crippen LogP contribution < -0.4 is 0 Å². The van der Waals surface area contributed by atoms with E-state index in [4.69, 9.17) is 16.3 Å². The number of halogens is 1. The van der Waals surface area contributed by atoms with Crippen molar-refractivity contribution in [3.8, 4) is 0 Å². The van der Waals surface area contributed by atoms with Crippen molar-refractivity contribution in [1.82, 2.24) is 4.98 Å². The van der Waals surface area contributed by atoms with E-state index in [0.29, 0.717) is 14.8 Å². The highest BCUT2D eigenvalue weighted by molar-refractivity contribution is 7.17. The number of carbonyl (C=O) groups excluding carboxylic acids is 2. The molecule has 6 heteroatoms. The number of H-pyrrole nitrogens is 1. The van der Waals surface area contributed by atoms with Gasteiger partial charge in [-0.3, -0.25) is 4.79 Å². The Morgan fingerprint density at radius 1 is 1.23 bits per heavy atom. The maximum atomic E-state index is 12.5. The number of hydrogen-bond donors (Lipinski definition) is 1. The summed E-state index contributed by atoms with van der Waals surface area (Å²) in [6.07, 6.45) is 0.770. The van der Waals surface area contributed by atoms with Crippen molar-refractivity contribution in [2.75, 3.05) is 0 Å². The van der Waals surface area contributed by atoms with Crippen LogP contribution in [0.2, 0.25) is 4.34 Å². The molecule has 0 saturated heterocycles. The number of ketones is 1. The average Bonchev–Trinajstić information content (AvgIpc) is 3.12. The van der Waals surface area contributed by atoms with Crippen LogP contribution in [0.1, 0.15) is 27.0 Å². The lowest BCUT2D eigenvalue weighted by atomic mass is 10.1. The Kier molecular flexibility index (Phi) is 4.00. The molecule has 0 aliphatic rings. The molecule has 0 fully saturated rings. The predicted octanol–water partition coefficient (Wildman–Crippen LogP) is 4.31. The number of aromatic nitrogens is 1. The van der Waals surface area contributed by atoms with Gasteiger partial charge in [-0.15, -0.1) is 11.3 Å². The van der Waals surface area contributed by atoms with Crippen molar-refractivity contribution in [3.05, 3.63) is 57.4 Å². The second-order valence-corrected chi connectivity index (χ2v) is 6.48. The normalized spacial score (nSPS) is 12.3. The van der Waals surface area contributed by atoms with Crippen molar-refractivity contribution in [2.24, 2.45) is 0 Å². The summed E-state index contributed by atoms with van der Waals surface area (Å²) < 4.78 is 5.74. The van der Waals surface area contributed by atoms with E-state index in [0.717, 1.165) is 22.2 Å². The fraction of sp³-hybridized carbons (Fsp3) is 0.125. The molecule has 2 heterocycles. The number of hydrogen-bond acceptors (Lipinski definition) is 4. The maximum Gasteiger partial charge on any atom is 0.349 e. The minimum Gasteiger partial charge on any atom is -0.450 e. The highest BCUT2D eigenvalue weighted by Crippen LogP contribution is 2.24. The first-order valence-electron chi connectivity index (χ1n) is 6.63. The van der Waals surface area contributed by atoms with Crippen LogP contribution in [0.15, 0.2) is 42.6 Å². The first-order chi connectivity index (χ1) is 10.6. The van der Waals surface area contributed by atoms with Gasteiger partial charge in [0.15, 0.2) is 6.10 Å². The van der Waals surface area contributed by atoms with E-state index in [1.165, 1.54) is 0 Å². The molecule has 2 aromatic heterocycles. The monoisotopic (exact) mass is 333 g/mol. The van der Waals surface area contributed by atoms with Gasteiger partial charge >= 0.3 is 5.97 Å². The predicted molar refractivity (Wildman–Crippen MR) is 86.8 cm³/mol. The minimum absolute atomic E-state index is 0.242. The summed E-state index contributed by atoms with van der Waals surface area (Å²) in [5, 5.41) is 0.814. The zero-order valence-corrected chi connectivity index (χ0v) is 13.2. The molecule has 112 valence electrons. The van der Waals surface area contributed by atoms with E-state index >= 15 is 0 Å². The van der Waals surface area contributed by atoms with Crippen LogP contribution in [0.5, 0.6) is 0 Å². The molecule has 1 atom stereocenters. The van der Waals surface area contributed by atoms with Gasteiger partial charge in [-0.1, -0.05) is 29.8 Å². The topological polar surface area (TPSA) is 59.2 Å². The molecule has 0 saturated carbocycles. The summed E-state index contributed by atoms with van der Waals surface area (Å²) in [7, 11) is 0. The molecule has 1 unspecified atom stereocenters. The number of Topliss-reactive ketones (excluding diaryl/α,β-unsaturated/α-hetero) is 1. The highest BCUT2D eigenvalue weighted by atomic mass is 35.5. The van der Waals surface area contributed by atoms with E-state index < -0.39 is 12.1 Å². The smallest absolute Gasteiger partial charge is 0.349 e. The van der Waals surface area contributed by atoms with Gasteiger partial charge in [0, 0.05) is 22.7 Å². The molecule has 0 aliphatic heterocycles. The Labute approximate surface area is 135 Å². The third-order valence-electron chi connectivity index (χ3n) is 3.28. The molecule has 1 N–H and O–H groups in total. The molecule has 0 bridgehead atoms. The summed E-state index contributed by atoms with van der Waals surface area (Å²) in [6, 6.07) is 10.7. The minimum atomic E-state index is -0.868. The van der Waals surface area contributed by atoms with Crippen LogP contribution in [0.3, 0.4) is 0 Å². The molecule has 0 spiro atoms. The molecular formula is C16H12ClNO3S. The number of esters is 1. The molecule has 0 amide bonds. The van der Waals surface area contributed by atoms with E-state index in [1.54, 1.807) is 25.3 Å². The van der Waals surface area contributed by atoms with Crippen molar-refractivity contribution < 1.29 is 14.3 Å². The third kappa shape index (κ3) is 2.77. The fourth-order valence-electron chi connectivity index (χ4n) is 2.19. The molecule has 4 nitrogen and oxygen atoms in total. The fourth-order valence-corrected chi connectivity index (χ4v) is 3.12. The molecule has 3 rings (SSSR count). The highest BCUT2D eigenvalue weighted by Gasteiger charge is 2.23. The number of benzene rings is 1. The zero-order chi connectivity index (χ0) is 15.7. The molecule has 0 radical (unpaired) electrons. The maximum absolute atomic E-state index is 12.5. The van der Waals surface area contributed by atoms with Crippen LogP contribution in [0.4, 0.5) is 0 Å². The quantitative estimate of drug-likeness (QED) is 0.571. The number of para-hydroxylation sites is 1. The van der Waals surface area contributed by atoms with E-state index in [-0.39, 0.29) is 5.78 Å². The summed E-state index contributed by atoms with van der Waals surface area (Å²) in [4.78, 5) is 27.9. The van der Waals surface area contributed by atoms with Crippen molar-refractivity contribution in [1.29, 1.82) is 0 Å². The largest absolute Gasteiger partial charge is 0.450 e. The van der Waals surface area contributed by atoms with Gasteiger partial charge in [-0.05, 0) is 25.1 Å². The van der Waals surface area contributed by atoms with Gasteiger partial charge in [0.05, 0.1) is 4.34 Å². The van der Waals surface area contributed by atoms with E-state index in [1.807, 2.05) is 24.3 Å². The van der Waals surface area contributed by atoms with Gasteiger partial charge in [0.2, 0.25) is 5.78 Å². The second-order valence-electron chi connectivity index (χ2n) is 4.76. The zero-order valence-electron chi connectivity index (χ0n) is 11.6. The number of fused-ring (bicyclic) bond motifs is 1. The van der Waals surface area contributed by atoms with E-state index in [9.17, 15) is 9.59 Å². The summed E-state index contributed by atoms with van der Waals surface area (Å²) in [6.45, 7) is 1.57. The Morgan fingerprint density at radius 2 is 2.00 bits per heavy atom. The lowest BCUT2D eigenvalue weighted by Gasteiger charge is -2.11. The van der Waals surface area contributed by atoms with Crippen molar-refractivity contribution in [2.45, 2.75) is 13.0 Å². The third-order valence-corrected chi connectivity index (χ3v) is 4.49. The number of rotatable bonds is 4. The molecule has 22 heavy (non-hydrogen) atoms. The van der Waals surface area contributed by atoms with Crippen LogP contribution in [0.25, 0.3) is 10.9 Å². The lowest BCUT2D eigenvalue weighted by Crippen LogP contribution is -2.23. The van der Waals surface area contributed by atoms with Crippen molar-refractivity contribution in [3.63, 3.8) is 0 Å². The number of ether oxygens (including phenoxy) is 1. The van der Waals surface area contributed by atoms with Crippen molar-refractivity contribution >= 4 is 45.6 Å². The number of nitrogens with one attached hydrogen (secondary N) is 1. The van der Waals surface area contributed by atoms with Gasteiger partial charge < -0.3 is 9.72 Å². The van der Waals surface area contributed by atoms with Gasteiger partial charge in [-0.25, -0.2) is 4.79 Å². The Balaban J connectivity index is 1.78. The molecule has 3 aromatic rings. The van der Waals surface area contributed by atoms with Crippen LogP contribution in [-0.4, -0.2) is 22.8 Å². The first kappa shape index (κ1) is 14.8. The standard InChI is InChI=1S/C16H12ClNO3S/c1-9(21-16(20)13-6-7-14(17)22-13)15(19)11-8-18-12-5-3-2-4-10(11)12/h2-9,18H,1H3. The number of carbonyl (C=O) groups is 2. The van der Waals surface area contributed by atoms with Gasteiger partial charge in [0.1, 0.15) is 4.88 Å². The molecule has 0 aliphatic carbocycles. The Bertz CT molecular complexity index is 852. The first-order valence-corrected chi connectivity index (χ1v) is 7.82. The Morgan fingerprint density at radius 3 is 2.73 bits per heavy atom. The summed E-state index contributed by atoms with van der Waals surface area (Å²) in [5.74, 6) is -0.786. The van der Waals surface area contributed by atoms with E-state index in [2.05, 4.69) is 4.98 Å². The average molecular weight is 334 g/mol. The Hall–Kier alpha value is -2.11. The van der Waals surface area contributed by atoms with Crippen LogP contribution in [-0.2, 0) is 4.74 Å². The number of thiophene rings is 1. The van der Waals surface area contributed by atoms with Gasteiger partial charge in [-0.2, -0.15) is 0 Å². The number of aromatic amines is 1. The molecule has 1 aromatic carbocycles. The summed E-state index contributed by atoms with van der Waals surface area (Å²) in [5.41, 5.74) is 1.38. The SMILES string of the molecule is CC(OC(=O)c1ccc(Cl)s1)C(=O)c1c[nH]c2ccccc12. The molecular weight excluding hydrogens is 322 g/mol. The summed E-state index contributed by atoms with van der Waals surface area (Å²) >= 11 is 6.91. The lowest BCUT2D eigenvalue weighted by molar-refractivity contribution is 0.0324.